The predicted molar refractivity (Wildman–Crippen MR) is 92.8 cm³/mol. The van der Waals surface area contributed by atoms with Gasteiger partial charge in [-0.2, -0.15) is 14.0 Å². The highest BCUT2D eigenvalue weighted by Crippen LogP contribution is 2.40. The number of alkyl halides is 2. The van der Waals surface area contributed by atoms with Crippen molar-refractivity contribution in [1.29, 1.82) is 5.26 Å². The number of non-ortho nitro benzene ring substituents is 1. The van der Waals surface area contributed by atoms with E-state index in [1.165, 1.54) is 56.7 Å². The fourth-order valence-corrected chi connectivity index (χ4v) is 2.30. The number of hydrogen-bond acceptors (Lipinski definition) is 6. The van der Waals surface area contributed by atoms with Gasteiger partial charge in [0.05, 0.1) is 30.8 Å². The van der Waals surface area contributed by atoms with Crippen molar-refractivity contribution in [2.45, 2.75) is 6.61 Å². The van der Waals surface area contributed by atoms with E-state index in [2.05, 4.69) is 4.74 Å². The molecule has 0 atom stereocenters. The van der Waals surface area contributed by atoms with Gasteiger partial charge in [0.15, 0.2) is 11.5 Å². The maximum atomic E-state index is 12.6. The van der Waals surface area contributed by atoms with E-state index in [1.54, 1.807) is 0 Å². The second-order valence-corrected chi connectivity index (χ2v) is 5.11. The minimum absolute atomic E-state index is 0.00175. The zero-order valence-corrected chi connectivity index (χ0v) is 14.3. The van der Waals surface area contributed by atoms with E-state index in [-0.39, 0.29) is 28.5 Å². The van der Waals surface area contributed by atoms with Crippen molar-refractivity contribution in [3.8, 4) is 23.3 Å². The lowest BCUT2D eigenvalue weighted by molar-refractivity contribution is -0.384. The van der Waals surface area contributed by atoms with Crippen molar-refractivity contribution in [1.82, 2.24) is 0 Å². The Bertz CT molecular complexity index is 880. The molecular weight excluding hydrogens is 362 g/mol. The fraction of sp³-hybridized carbons (Fsp3) is 0.167. The van der Waals surface area contributed by atoms with Crippen LogP contribution in [0.4, 0.5) is 14.5 Å². The Hall–Kier alpha value is -3.67. The molecular formula is C18H14F2N2O5. The maximum absolute atomic E-state index is 12.6. The van der Waals surface area contributed by atoms with Gasteiger partial charge in [0.2, 0.25) is 5.75 Å². The first kappa shape index (κ1) is 19.7. The van der Waals surface area contributed by atoms with E-state index in [0.717, 1.165) is 0 Å². The van der Waals surface area contributed by atoms with E-state index < -0.39 is 11.5 Å². The molecule has 0 aliphatic carbocycles. The molecule has 0 bridgehead atoms. The molecule has 0 radical (unpaired) electrons. The van der Waals surface area contributed by atoms with Crippen molar-refractivity contribution in [2.75, 3.05) is 14.2 Å². The first-order chi connectivity index (χ1) is 12.9. The first-order valence-corrected chi connectivity index (χ1v) is 7.47. The number of nitrogens with zero attached hydrogens (tertiary/aromatic N) is 2. The molecule has 140 valence electrons. The lowest BCUT2D eigenvalue weighted by atomic mass is 10.0. The number of nitro benzene ring substituents is 1. The van der Waals surface area contributed by atoms with Gasteiger partial charge >= 0.3 is 6.61 Å². The summed E-state index contributed by atoms with van der Waals surface area (Å²) in [6.07, 6.45) is 1.47. The molecule has 0 unspecified atom stereocenters. The number of ether oxygens (including phenoxy) is 3. The molecule has 0 aliphatic heterocycles. The lowest BCUT2D eigenvalue weighted by Crippen LogP contribution is -2.05. The van der Waals surface area contributed by atoms with Crippen LogP contribution >= 0.6 is 0 Å². The molecule has 2 aromatic carbocycles. The van der Waals surface area contributed by atoms with E-state index in [0.29, 0.717) is 11.1 Å². The van der Waals surface area contributed by atoms with E-state index >= 15 is 0 Å². The fourth-order valence-electron chi connectivity index (χ4n) is 2.30. The van der Waals surface area contributed by atoms with Gasteiger partial charge in [0, 0.05) is 12.1 Å². The van der Waals surface area contributed by atoms with Crippen molar-refractivity contribution in [3.05, 3.63) is 57.6 Å². The van der Waals surface area contributed by atoms with Crippen LogP contribution in [0.2, 0.25) is 0 Å². The molecule has 0 saturated heterocycles. The van der Waals surface area contributed by atoms with Gasteiger partial charge < -0.3 is 14.2 Å². The van der Waals surface area contributed by atoms with Crippen LogP contribution in [0.1, 0.15) is 11.1 Å². The molecule has 2 aromatic rings. The molecule has 0 saturated carbocycles. The minimum Gasteiger partial charge on any atom is -0.493 e. The summed E-state index contributed by atoms with van der Waals surface area (Å²) in [4.78, 5) is 10.2. The highest BCUT2D eigenvalue weighted by atomic mass is 19.3. The third-order valence-electron chi connectivity index (χ3n) is 3.51. The first-order valence-electron chi connectivity index (χ1n) is 7.47. The van der Waals surface area contributed by atoms with Gasteiger partial charge in [-0.05, 0) is 41.5 Å². The minimum atomic E-state index is -3.07. The zero-order valence-electron chi connectivity index (χ0n) is 14.3. The summed E-state index contributed by atoms with van der Waals surface area (Å²) in [7, 11) is 2.56. The van der Waals surface area contributed by atoms with Crippen molar-refractivity contribution in [3.63, 3.8) is 0 Å². The monoisotopic (exact) mass is 376 g/mol. The molecule has 0 fully saturated rings. The van der Waals surface area contributed by atoms with Gasteiger partial charge in [-0.15, -0.1) is 0 Å². The van der Waals surface area contributed by atoms with E-state index in [9.17, 15) is 24.2 Å². The maximum Gasteiger partial charge on any atom is 0.387 e. The summed E-state index contributed by atoms with van der Waals surface area (Å²) in [6, 6.07) is 10.2. The molecule has 2 rings (SSSR count). The van der Waals surface area contributed by atoms with Crippen LogP contribution in [0.15, 0.2) is 36.4 Å². The smallest absolute Gasteiger partial charge is 0.387 e. The second-order valence-electron chi connectivity index (χ2n) is 5.11. The van der Waals surface area contributed by atoms with Crippen LogP contribution in [0, 0.1) is 21.4 Å². The van der Waals surface area contributed by atoms with Crippen LogP contribution in [-0.2, 0) is 0 Å². The van der Waals surface area contributed by atoms with Crippen molar-refractivity contribution >= 4 is 17.3 Å². The predicted octanol–water partition coefficient (Wildman–Crippen LogP) is 4.28. The summed E-state index contributed by atoms with van der Waals surface area (Å²) in [5.41, 5.74) is 0.985. The Morgan fingerprint density at radius 3 is 2.15 bits per heavy atom. The highest BCUT2D eigenvalue weighted by Gasteiger charge is 2.18. The number of hydrogen-bond donors (Lipinski definition) is 0. The van der Waals surface area contributed by atoms with Crippen LogP contribution in [-0.4, -0.2) is 25.8 Å². The lowest BCUT2D eigenvalue weighted by Gasteiger charge is -2.14. The quantitative estimate of drug-likeness (QED) is 0.310. The zero-order chi connectivity index (χ0) is 20.0. The average molecular weight is 376 g/mol. The molecule has 9 heteroatoms. The largest absolute Gasteiger partial charge is 0.493 e. The Kier molecular flexibility index (Phi) is 6.27. The highest BCUT2D eigenvalue weighted by molar-refractivity contribution is 5.90. The number of benzene rings is 2. The molecule has 0 N–H and O–H groups in total. The van der Waals surface area contributed by atoms with Gasteiger partial charge in [-0.25, -0.2) is 0 Å². The number of nitro groups is 1. The van der Waals surface area contributed by atoms with Gasteiger partial charge in [-0.3, -0.25) is 10.1 Å². The molecule has 0 aliphatic rings. The Morgan fingerprint density at radius 1 is 1.19 bits per heavy atom. The number of rotatable bonds is 7. The number of nitriles is 1. The summed E-state index contributed by atoms with van der Waals surface area (Å²) in [5, 5.41) is 20.1. The Labute approximate surface area is 153 Å². The molecule has 0 aromatic heterocycles. The Morgan fingerprint density at radius 2 is 1.74 bits per heavy atom. The van der Waals surface area contributed by atoms with Gasteiger partial charge in [0.25, 0.3) is 5.69 Å². The van der Waals surface area contributed by atoms with Crippen molar-refractivity contribution < 1.29 is 27.9 Å². The normalized spacial score (nSPS) is 11.0. The average Bonchev–Trinajstić information content (AvgIpc) is 2.66. The summed E-state index contributed by atoms with van der Waals surface area (Å²) in [5.74, 6) is -0.259. The molecule has 0 heterocycles. The molecule has 27 heavy (non-hydrogen) atoms. The van der Waals surface area contributed by atoms with Crippen LogP contribution in [0.5, 0.6) is 17.2 Å². The van der Waals surface area contributed by atoms with Crippen LogP contribution in [0.3, 0.4) is 0 Å². The number of allylic oxidation sites excluding steroid dienone is 1. The third kappa shape index (κ3) is 4.70. The molecule has 7 nitrogen and oxygen atoms in total. The summed E-state index contributed by atoms with van der Waals surface area (Å²) >= 11 is 0. The molecule has 0 amide bonds. The summed E-state index contributed by atoms with van der Waals surface area (Å²) in [6.45, 7) is -3.07. The van der Waals surface area contributed by atoms with Gasteiger partial charge in [0.1, 0.15) is 0 Å². The van der Waals surface area contributed by atoms with Gasteiger partial charge in [-0.1, -0.05) is 0 Å². The molecule has 0 spiro atoms. The van der Waals surface area contributed by atoms with Crippen LogP contribution in [0.25, 0.3) is 11.6 Å². The standard InChI is InChI=1S/C18H14F2N2O5/c1-25-15-8-11(9-16(26-2)17(15)27-18(19)20)7-13(10-21)12-3-5-14(6-4-12)22(23)24/h3-9,18H,1-2H3/b13-7+. The summed E-state index contributed by atoms with van der Waals surface area (Å²) < 4.78 is 39.8. The topological polar surface area (TPSA) is 94.6 Å². The number of methoxy groups -OCH3 is 2. The van der Waals surface area contributed by atoms with E-state index in [4.69, 9.17) is 9.47 Å². The Balaban J connectivity index is 2.49. The van der Waals surface area contributed by atoms with Crippen LogP contribution < -0.4 is 14.2 Å². The third-order valence-corrected chi connectivity index (χ3v) is 3.51. The van der Waals surface area contributed by atoms with Crippen molar-refractivity contribution in [2.24, 2.45) is 0 Å². The number of halogens is 2. The van der Waals surface area contributed by atoms with E-state index in [1.807, 2.05) is 6.07 Å². The SMILES string of the molecule is COc1cc(/C=C(\C#N)c2ccc([N+](=O)[O-])cc2)cc(OC)c1OC(F)F. The second kappa shape index (κ2) is 8.62.